The molecule has 0 spiro atoms. The molecule has 1 heterocycles. The number of aromatic nitrogens is 1. The van der Waals surface area contributed by atoms with Crippen molar-refractivity contribution in [1.82, 2.24) is 10.5 Å². The number of ether oxygens (including phenoxy) is 1. The van der Waals surface area contributed by atoms with Crippen LogP contribution in [0, 0.1) is 5.92 Å². The van der Waals surface area contributed by atoms with Crippen molar-refractivity contribution in [2.75, 3.05) is 17.2 Å². The van der Waals surface area contributed by atoms with E-state index in [0.717, 1.165) is 12.1 Å². The van der Waals surface area contributed by atoms with Gasteiger partial charge in [-0.15, -0.1) is 13.2 Å². The molecule has 4 N–H and O–H groups in total. The Hall–Kier alpha value is -4.26. The van der Waals surface area contributed by atoms with E-state index in [1.807, 2.05) is 0 Å². The number of nitrogens with one attached hydrogen (secondary N) is 3. The number of anilines is 2. The summed E-state index contributed by atoms with van der Waals surface area (Å²) in [6.45, 7) is 1.84. The first-order valence-corrected chi connectivity index (χ1v) is 11.0. The lowest BCUT2D eigenvalue weighted by Crippen LogP contribution is -2.28. The quantitative estimate of drug-likeness (QED) is 0.285. The summed E-state index contributed by atoms with van der Waals surface area (Å²) in [4.78, 5) is 35.1. The van der Waals surface area contributed by atoms with Gasteiger partial charge < -0.3 is 30.3 Å². The number of rotatable bonds is 9. The largest absolute Gasteiger partial charge is 0.573 e. The molecule has 196 valence electrons. The zero-order chi connectivity index (χ0) is 27.2. The maximum absolute atomic E-state index is 12.3. The molecule has 0 radical (unpaired) electrons. The highest BCUT2D eigenvalue weighted by Crippen LogP contribution is 2.32. The van der Waals surface area contributed by atoms with Crippen LogP contribution in [-0.2, 0) is 4.79 Å². The first-order valence-electron chi connectivity index (χ1n) is 10.6. The number of carbonyl (C=O) groups excluding carboxylic acids is 2. The molecule has 37 heavy (non-hydrogen) atoms. The molecule has 1 aromatic heterocycles. The molecule has 0 saturated heterocycles. The second-order valence-electron chi connectivity index (χ2n) is 7.84. The van der Waals surface area contributed by atoms with Gasteiger partial charge in [0.25, 0.3) is 5.91 Å². The summed E-state index contributed by atoms with van der Waals surface area (Å²) >= 11 is 5.77. The van der Waals surface area contributed by atoms with E-state index in [4.69, 9.17) is 21.2 Å². The van der Waals surface area contributed by atoms with Crippen LogP contribution in [0.25, 0.3) is 11.3 Å². The molecule has 14 heteroatoms. The van der Waals surface area contributed by atoms with Crippen molar-refractivity contribution < 1.29 is 41.9 Å². The third-order valence-electron chi connectivity index (χ3n) is 4.72. The monoisotopic (exact) mass is 540 g/mol. The number of hydrogen-bond acceptors (Lipinski definition) is 6. The molecule has 1 unspecified atom stereocenters. The van der Waals surface area contributed by atoms with Gasteiger partial charge >= 0.3 is 18.4 Å². The van der Waals surface area contributed by atoms with Crippen LogP contribution in [0.2, 0.25) is 5.02 Å². The summed E-state index contributed by atoms with van der Waals surface area (Å²) in [5.74, 6) is -2.41. The van der Waals surface area contributed by atoms with E-state index < -0.39 is 30.0 Å². The summed E-state index contributed by atoms with van der Waals surface area (Å²) in [5, 5.41) is 19.8. The van der Waals surface area contributed by atoms with Gasteiger partial charge in [0.1, 0.15) is 11.4 Å². The number of halogens is 4. The minimum atomic E-state index is -4.90. The van der Waals surface area contributed by atoms with Gasteiger partial charge in [0.05, 0.1) is 5.02 Å². The van der Waals surface area contributed by atoms with Gasteiger partial charge in [0.2, 0.25) is 5.76 Å². The number of carboxylic acid groups (broad SMARTS) is 1. The topological polar surface area (TPSA) is 143 Å². The van der Waals surface area contributed by atoms with Gasteiger partial charge in [-0.2, -0.15) is 0 Å². The number of urea groups is 1. The first kappa shape index (κ1) is 27.3. The lowest BCUT2D eigenvalue weighted by Gasteiger charge is -2.12. The third-order valence-corrected chi connectivity index (χ3v) is 5.02. The van der Waals surface area contributed by atoms with E-state index in [1.54, 1.807) is 31.2 Å². The Morgan fingerprint density at radius 3 is 2.35 bits per heavy atom. The zero-order valence-electron chi connectivity index (χ0n) is 19.1. The molecule has 3 amide bonds. The molecule has 3 aromatic rings. The summed E-state index contributed by atoms with van der Waals surface area (Å²) in [5.41, 5.74) is 1.47. The maximum atomic E-state index is 12.3. The molecule has 0 aliphatic rings. The van der Waals surface area contributed by atoms with Crippen LogP contribution in [-0.4, -0.2) is 41.1 Å². The number of alkyl halides is 3. The Balaban J connectivity index is 1.55. The Labute approximate surface area is 212 Å². The van der Waals surface area contributed by atoms with E-state index in [2.05, 4.69) is 25.8 Å². The van der Waals surface area contributed by atoms with Crippen LogP contribution >= 0.6 is 11.6 Å². The Morgan fingerprint density at radius 2 is 1.73 bits per heavy atom. The van der Waals surface area contributed by atoms with Crippen molar-refractivity contribution in [3.63, 3.8) is 0 Å². The molecule has 3 rings (SSSR count). The van der Waals surface area contributed by atoms with Crippen molar-refractivity contribution in [2.45, 2.75) is 19.7 Å². The summed E-state index contributed by atoms with van der Waals surface area (Å²) in [6.07, 6.45) is -4.98. The average Bonchev–Trinajstić information content (AvgIpc) is 3.29. The summed E-state index contributed by atoms with van der Waals surface area (Å²) < 4.78 is 45.8. The summed E-state index contributed by atoms with van der Waals surface area (Å²) in [7, 11) is 0. The van der Waals surface area contributed by atoms with E-state index in [0.29, 0.717) is 16.9 Å². The summed E-state index contributed by atoms with van der Waals surface area (Å²) in [6, 6.07) is 10.4. The van der Waals surface area contributed by atoms with Gasteiger partial charge in [0, 0.05) is 36.0 Å². The van der Waals surface area contributed by atoms with Gasteiger partial charge in [0.15, 0.2) is 0 Å². The number of carbonyl (C=O) groups is 3. The van der Waals surface area contributed by atoms with E-state index in [-0.39, 0.29) is 35.4 Å². The lowest BCUT2D eigenvalue weighted by atomic mass is 10.1. The highest BCUT2D eigenvalue weighted by molar-refractivity contribution is 6.32. The Morgan fingerprint density at radius 1 is 1.08 bits per heavy atom. The number of benzene rings is 2. The maximum Gasteiger partial charge on any atom is 0.573 e. The number of hydrogen-bond donors (Lipinski definition) is 4. The SMILES string of the molecule is CC(CNC(=O)c1cc(-c2ccc(NC(=O)Nc3ccc(OC(F)(F)F)c(Cl)c3)cc2)no1)CC(=O)O. The zero-order valence-corrected chi connectivity index (χ0v) is 19.8. The van der Waals surface area contributed by atoms with E-state index >= 15 is 0 Å². The van der Waals surface area contributed by atoms with Crippen LogP contribution in [0.15, 0.2) is 53.1 Å². The highest BCUT2D eigenvalue weighted by Gasteiger charge is 2.32. The fourth-order valence-corrected chi connectivity index (χ4v) is 3.27. The lowest BCUT2D eigenvalue weighted by molar-refractivity contribution is -0.274. The molecule has 0 saturated carbocycles. The molecule has 10 nitrogen and oxygen atoms in total. The van der Waals surface area contributed by atoms with Crippen molar-refractivity contribution in [1.29, 1.82) is 0 Å². The minimum absolute atomic E-state index is 0.0515. The molecular formula is C23H20ClF3N4O6. The van der Waals surface area contributed by atoms with Crippen LogP contribution < -0.4 is 20.7 Å². The van der Waals surface area contributed by atoms with Gasteiger partial charge in [-0.05, 0) is 36.2 Å². The molecule has 0 bridgehead atoms. The number of amides is 3. The van der Waals surface area contributed by atoms with Crippen molar-refractivity contribution in [3.05, 3.63) is 59.3 Å². The van der Waals surface area contributed by atoms with Crippen molar-refractivity contribution >= 4 is 40.9 Å². The molecule has 0 fully saturated rings. The van der Waals surface area contributed by atoms with Gasteiger partial charge in [-0.25, -0.2) is 4.79 Å². The van der Waals surface area contributed by atoms with E-state index in [9.17, 15) is 27.6 Å². The van der Waals surface area contributed by atoms with Crippen LogP contribution in [0.5, 0.6) is 5.75 Å². The molecule has 0 aliphatic carbocycles. The number of carboxylic acids is 1. The minimum Gasteiger partial charge on any atom is -0.481 e. The molecule has 0 aliphatic heterocycles. The van der Waals surface area contributed by atoms with Crippen molar-refractivity contribution in [2.24, 2.45) is 5.92 Å². The predicted molar refractivity (Wildman–Crippen MR) is 126 cm³/mol. The smallest absolute Gasteiger partial charge is 0.481 e. The number of nitrogens with zero attached hydrogens (tertiary/aromatic N) is 1. The second-order valence-corrected chi connectivity index (χ2v) is 8.25. The van der Waals surface area contributed by atoms with Gasteiger partial charge in [-0.1, -0.05) is 35.8 Å². The fraction of sp³-hybridized carbons (Fsp3) is 0.217. The van der Waals surface area contributed by atoms with Crippen molar-refractivity contribution in [3.8, 4) is 17.0 Å². The Kier molecular flexibility index (Phi) is 8.60. The second kappa shape index (κ2) is 11.6. The normalized spacial score (nSPS) is 11.9. The average molecular weight is 541 g/mol. The Bertz CT molecular complexity index is 1280. The standard InChI is InChI=1S/C23H20ClF3N4O6/c1-12(8-20(32)33)11-28-21(34)19-10-17(31-37-19)13-2-4-14(5-3-13)29-22(35)30-15-6-7-18(16(24)9-15)36-23(25,26)27/h2-7,9-10,12H,8,11H2,1H3,(H,28,34)(H,32,33)(H2,29,30,35). The van der Waals surface area contributed by atoms with Gasteiger partial charge in [-0.3, -0.25) is 9.59 Å². The van der Waals surface area contributed by atoms with Crippen LogP contribution in [0.1, 0.15) is 23.9 Å². The molecule has 2 aromatic carbocycles. The number of aliphatic carboxylic acids is 1. The molecular weight excluding hydrogens is 521 g/mol. The fourth-order valence-electron chi connectivity index (χ4n) is 3.05. The highest BCUT2D eigenvalue weighted by atomic mass is 35.5. The van der Waals surface area contributed by atoms with E-state index in [1.165, 1.54) is 12.1 Å². The van der Waals surface area contributed by atoms with Crippen LogP contribution in [0.3, 0.4) is 0 Å². The predicted octanol–water partition coefficient (Wildman–Crippen LogP) is 5.38. The first-order chi connectivity index (χ1) is 17.4. The van der Waals surface area contributed by atoms with Crippen LogP contribution in [0.4, 0.5) is 29.3 Å². The molecule has 1 atom stereocenters. The third kappa shape index (κ3) is 8.42.